The second-order valence-electron chi connectivity index (χ2n) is 7.19. The van der Waals surface area contributed by atoms with Crippen LogP contribution in [0.25, 0.3) is 0 Å². The number of sulfonamides is 1. The number of rotatable bonds is 3. The van der Waals surface area contributed by atoms with Gasteiger partial charge in [0.2, 0.25) is 10.0 Å². The van der Waals surface area contributed by atoms with Crippen LogP contribution in [0, 0.1) is 0 Å². The summed E-state index contributed by atoms with van der Waals surface area (Å²) in [6.07, 6.45) is 8.28. The molecule has 1 aromatic carbocycles. The highest BCUT2D eigenvalue weighted by atomic mass is 32.2. The molecule has 0 radical (unpaired) electrons. The molecular formula is C18H25NO3S. The fraction of sp³-hybridized carbons (Fsp3) is 0.667. The van der Waals surface area contributed by atoms with Gasteiger partial charge in [-0.3, -0.25) is 0 Å². The zero-order valence-electron chi connectivity index (χ0n) is 13.7. The molecule has 0 amide bonds. The minimum absolute atomic E-state index is 0.111. The van der Waals surface area contributed by atoms with Crippen LogP contribution < -0.4 is 0 Å². The van der Waals surface area contributed by atoms with Crippen molar-refractivity contribution in [2.45, 2.75) is 74.4 Å². The molecule has 1 aromatic rings. The first kappa shape index (κ1) is 15.6. The third-order valence-electron chi connectivity index (χ3n) is 5.85. The van der Waals surface area contributed by atoms with Gasteiger partial charge in [0.25, 0.3) is 0 Å². The van der Waals surface area contributed by atoms with E-state index in [1.165, 1.54) is 24.0 Å². The minimum Gasteiger partial charge on any atom is -0.381 e. The number of hydrogen-bond donors (Lipinski definition) is 0. The summed E-state index contributed by atoms with van der Waals surface area (Å²) in [5.74, 6) is 0. The van der Waals surface area contributed by atoms with Gasteiger partial charge in [0.1, 0.15) is 0 Å². The lowest BCUT2D eigenvalue weighted by atomic mass is 9.92. The van der Waals surface area contributed by atoms with Gasteiger partial charge in [0, 0.05) is 19.2 Å². The summed E-state index contributed by atoms with van der Waals surface area (Å²) in [6.45, 7) is 0. The largest absolute Gasteiger partial charge is 0.381 e. The number of hydrogen-bond acceptors (Lipinski definition) is 3. The van der Waals surface area contributed by atoms with E-state index in [0.29, 0.717) is 4.90 Å². The molecule has 0 aromatic heterocycles. The normalized spacial score (nSPS) is 31.1. The van der Waals surface area contributed by atoms with Crippen molar-refractivity contribution >= 4 is 10.0 Å². The average Bonchev–Trinajstić information content (AvgIpc) is 2.86. The number of fused-ring (bicyclic) bond motifs is 3. The number of nitrogens with zero attached hydrogens (tertiary/aromatic N) is 1. The van der Waals surface area contributed by atoms with Crippen LogP contribution >= 0.6 is 0 Å². The zero-order valence-corrected chi connectivity index (χ0v) is 14.5. The summed E-state index contributed by atoms with van der Waals surface area (Å²) in [5.41, 5.74) is 2.56. The molecule has 2 unspecified atom stereocenters. The quantitative estimate of drug-likeness (QED) is 0.853. The zero-order chi connectivity index (χ0) is 16.0. The smallest absolute Gasteiger partial charge is 0.243 e. The number of piperidine rings is 1. The van der Waals surface area contributed by atoms with E-state index >= 15 is 0 Å². The van der Waals surface area contributed by atoms with Crippen LogP contribution in [0.5, 0.6) is 0 Å². The lowest BCUT2D eigenvalue weighted by molar-refractivity contribution is 0.0349. The molecular weight excluding hydrogens is 310 g/mol. The standard InChI is InChI=1S/C18H25NO3S/c1-22-17-11-15-7-8-16(12-17)19(15)23(20,21)18-9-6-13-4-2-3-5-14(13)10-18/h6,9-10,15-17H,2-5,7-8,11-12H2,1H3. The molecule has 2 saturated heterocycles. The Morgan fingerprint density at radius 2 is 1.70 bits per heavy atom. The molecule has 0 spiro atoms. The maximum atomic E-state index is 13.2. The third kappa shape index (κ3) is 2.63. The highest BCUT2D eigenvalue weighted by Crippen LogP contribution is 2.40. The number of ether oxygens (including phenoxy) is 1. The Kier molecular flexibility index (Phi) is 3.98. The van der Waals surface area contributed by atoms with Crippen LogP contribution in [0.4, 0.5) is 0 Å². The molecule has 126 valence electrons. The van der Waals surface area contributed by atoms with Crippen LogP contribution in [-0.4, -0.2) is 38.0 Å². The van der Waals surface area contributed by atoms with Crippen molar-refractivity contribution in [2.75, 3.05) is 7.11 Å². The Labute approximate surface area is 138 Å². The first-order valence-corrected chi connectivity index (χ1v) is 10.2. The molecule has 23 heavy (non-hydrogen) atoms. The van der Waals surface area contributed by atoms with E-state index in [4.69, 9.17) is 4.74 Å². The van der Waals surface area contributed by atoms with Gasteiger partial charge >= 0.3 is 0 Å². The summed E-state index contributed by atoms with van der Waals surface area (Å²) in [7, 11) is -1.65. The van der Waals surface area contributed by atoms with Gasteiger partial charge in [-0.05, 0) is 74.6 Å². The Morgan fingerprint density at radius 3 is 2.35 bits per heavy atom. The molecule has 4 nitrogen and oxygen atoms in total. The van der Waals surface area contributed by atoms with Crippen LogP contribution in [0.15, 0.2) is 23.1 Å². The van der Waals surface area contributed by atoms with E-state index in [-0.39, 0.29) is 18.2 Å². The van der Waals surface area contributed by atoms with Gasteiger partial charge in [0.05, 0.1) is 11.0 Å². The Morgan fingerprint density at radius 1 is 1.04 bits per heavy atom. The number of benzene rings is 1. The lowest BCUT2D eigenvalue weighted by Crippen LogP contribution is -2.48. The maximum Gasteiger partial charge on any atom is 0.243 e. The van der Waals surface area contributed by atoms with Crippen molar-refractivity contribution in [3.8, 4) is 0 Å². The third-order valence-corrected chi connectivity index (χ3v) is 7.85. The lowest BCUT2D eigenvalue weighted by Gasteiger charge is -2.37. The van der Waals surface area contributed by atoms with Crippen LogP contribution in [0.1, 0.15) is 49.7 Å². The van der Waals surface area contributed by atoms with Gasteiger partial charge < -0.3 is 4.74 Å². The fourth-order valence-electron chi connectivity index (χ4n) is 4.66. The van der Waals surface area contributed by atoms with E-state index in [0.717, 1.165) is 38.5 Å². The second-order valence-corrected chi connectivity index (χ2v) is 9.03. The highest BCUT2D eigenvalue weighted by Gasteiger charge is 2.47. The van der Waals surface area contributed by atoms with Crippen molar-refractivity contribution in [3.05, 3.63) is 29.3 Å². The molecule has 2 bridgehead atoms. The predicted molar refractivity (Wildman–Crippen MR) is 88.9 cm³/mol. The van der Waals surface area contributed by atoms with Crippen molar-refractivity contribution in [1.82, 2.24) is 4.31 Å². The van der Waals surface area contributed by atoms with Crippen molar-refractivity contribution in [3.63, 3.8) is 0 Å². The second kappa shape index (κ2) is 5.87. The molecule has 2 fully saturated rings. The van der Waals surface area contributed by atoms with E-state index in [9.17, 15) is 8.42 Å². The number of methoxy groups -OCH3 is 1. The molecule has 4 rings (SSSR count). The predicted octanol–water partition coefficient (Wildman–Crippen LogP) is 2.90. The number of aryl methyl sites for hydroxylation is 2. The van der Waals surface area contributed by atoms with E-state index in [1.807, 2.05) is 18.2 Å². The van der Waals surface area contributed by atoms with Gasteiger partial charge in [-0.25, -0.2) is 8.42 Å². The van der Waals surface area contributed by atoms with Gasteiger partial charge in [0.15, 0.2) is 0 Å². The van der Waals surface area contributed by atoms with Crippen LogP contribution in [0.3, 0.4) is 0 Å². The van der Waals surface area contributed by atoms with E-state index in [2.05, 4.69) is 0 Å². The summed E-state index contributed by atoms with van der Waals surface area (Å²) in [6, 6.07) is 6.01. The summed E-state index contributed by atoms with van der Waals surface area (Å²) >= 11 is 0. The molecule has 0 saturated carbocycles. The molecule has 3 aliphatic rings. The maximum absolute atomic E-state index is 13.2. The SMILES string of the molecule is COC1CC2CCC(C1)N2S(=O)(=O)c1ccc2c(c1)CCCC2. The Hall–Kier alpha value is -0.910. The first-order valence-electron chi connectivity index (χ1n) is 8.78. The monoisotopic (exact) mass is 335 g/mol. The van der Waals surface area contributed by atoms with Gasteiger partial charge in [-0.1, -0.05) is 6.07 Å². The van der Waals surface area contributed by atoms with E-state index in [1.54, 1.807) is 11.4 Å². The Balaban J connectivity index is 1.66. The Bertz CT molecular complexity index is 686. The highest BCUT2D eigenvalue weighted by molar-refractivity contribution is 7.89. The van der Waals surface area contributed by atoms with Crippen molar-refractivity contribution in [1.29, 1.82) is 0 Å². The molecule has 0 N–H and O–H groups in total. The van der Waals surface area contributed by atoms with Crippen LogP contribution in [0.2, 0.25) is 0 Å². The van der Waals surface area contributed by atoms with E-state index < -0.39 is 10.0 Å². The molecule has 5 heteroatoms. The summed E-state index contributed by atoms with van der Waals surface area (Å²) in [5, 5.41) is 0. The summed E-state index contributed by atoms with van der Waals surface area (Å²) < 4.78 is 33.7. The van der Waals surface area contributed by atoms with Gasteiger partial charge in [-0.15, -0.1) is 0 Å². The molecule has 2 atom stereocenters. The molecule has 1 aliphatic carbocycles. The van der Waals surface area contributed by atoms with Crippen molar-refractivity contribution in [2.24, 2.45) is 0 Å². The first-order chi connectivity index (χ1) is 11.1. The fourth-order valence-corrected chi connectivity index (χ4v) is 6.60. The molecule has 2 heterocycles. The van der Waals surface area contributed by atoms with Gasteiger partial charge in [-0.2, -0.15) is 4.31 Å². The van der Waals surface area contributed by atoms with Crippen LogP contribution in [-0.2, 0) is 27.6 Å². The minimum atomic E-state index is -3.39. The van der Waals surface area contributed by atoms with Crippen molar-refractivity contribution < 1.29 is 13.2 Å². The molecule has 2 aliphatic heterocycles. The average molecular weight is 335 g/mol. The topological polar surface area (TPSA) is 46.6 Å². The summed E-state index contributed by atoms with van der Waals surface area (Å²) in [4.78, 5) is 0.492.